The van der Waals surface area contributed by atoms with E-state index in [1.807, 2.05) is 0 Å². The Labute approximate surface area is 75.7 Å². The molecule has 0 unspecified atom stereocenters. The van der Waals surface area contributed by atoms with Crippen LogP contribution < -0.4 is 34.7 Å². The van der Waals surface area contributed by atoms with Gasteiger partial charge in [0.25, 0.3) is 0 Å². The van der Waals surface area contributed by atoms with Crippen LogP contribution >= 0.6 is 0 Å². The number of carboxylic acid groups (broad SMARTS) is 1. The van der Waals surface area contributed by atoms with Gasteiger partial charge in [-0.15, -0.1) is 0 Å². The molecular weight excluding hydrogens is 132 g/mol. The predicted octanol–water partition coefficient (Wildman–Crippen LogP) is -4.03. The van der Waals surface area contributed by atoms with Gasteiger partial charge in [0, 0.05) is 5.92 Å². The van der Waals surface area contributed by atoms with Crippen LogP contribution in [0.5, 0.6) is 0 Å². The fourth-order valence-electron chi connectivity index (χ4n) is 0.236. The molecule has 3 nitrogen and oxygen atoms in total. The van der Waals surface area contributed by atoms with Gasteiger partial charge in [-0.05, 0) is 0 Å². The minimum absolute atomic E-state index is 0. The van der Waals surface area contributed by atoms with Gasteiger partial charge in [-0.3, -0.25) is 4.79 Å². The van der Waals surface area contributed by atoms with Crippen molar-refractivity contribution in [2.45, 2.75) is 13.8 Å². The normalized spacial score (nSPS) is 8.33. The summed E-state index contributed by atoms with van der Waals surface area (Å²) in [7, 11) is 0. The second-order valence-corrected chi connectivity index (χ2v) is 1.81. The summed E-state index contributed by atoms with van der Waals surface area (Å²) in [5.74, 6) is -2.90. The van der Waals surface area contributed by atoms with E-state index in [1.54, 1.807) is 0 Å². The molecule has 0 N–H and O–H groups in total. The molecule has 0 rings (SSSR count). The summed E-state index contributed by atoms with van der Waals surface area (Å²) < 4.78 is 0. The largest absolute Gasteiger partial charge is 1.00 e. The van der Waals surface area contributed by atoms with E-state index in [0.29, 0.717) is 0 Å². The first-order valence-corrected chi connectivity index (χ1v) is 2.31. The quantitative estimate of drug-likeness (QED) is 0.222. The zero-order valence-corrected chi connectivity index (χ0v) is 7.80. The third kappa shape index (κ3) is 4.63. The van der Waals surface area contributed by atoms with Crippen molar-refractivity contribution < 1.29 is 44.3 Å². The summed E-state index contributed by atoms with van der Waals surface area (Å²) in [6.07, 6.45) is 0. The monoisotopic (exact) mass is 139 g/mol. The Morgan fingerprint density at radius 1 is 1.33 bits per heavy atom. The maximum absolute atomic E-state index is 10.2. The van der Waals surface area contributed by atoms with Crippen molar-refractivity contribution >= 4 is 11.8 Å². The molecule has 0 bridgehead atoms. The van der Waals surface area contributed by atoms with Crippen LogP contribution in [-0.2, 0) is 9.59 Å². The topological polar surface area (TPSA) is 57.2 Å². The second kappa shape index (κ2) is 4.97. The van der Waals surface area contributed by atoms with Crippen molar-refractivity contribution in [2.24, 2.45) is 5.92 Å². The number of hydrogen-bond donors (Lipinski definition) is 0. The molecule has 4 heteroatoms. The van der Waals surface area contributed by atoms with E-state index in [0.717, 1.165) is 0 Å². The van der Waals surface area contributed by atoms with Crippen molar-refractivity contribution in [3.8, 4) is 0 Å². The van der Waals surface area contributed by atoms with Crippen LogP contribution in [0.2, 0.25) is 0 Å². The summed E-state index contributed by atoms with van der Waals surface area (Å²) in [5, 5.41) is 9.68. The molecule has 46 valence electrons. The van der Waals surface area contributed by atoms with E-state index >= 15 is 0 Å². The van der Waals surface area contributed by atoms with E-state index in [2.05, 4.69) is 0 Å². The van der Waals surface area contributed by atoms with Crippen molar-refractivity contribution in [3.05, 3.63) is 0 Å². The minimum Gasteiger partial charge on any atom is -0.542 e. The van der Waals surface area contributed by atoms with Crippen LogP contribution in [-0.4, -0.2) is 11.8 Å². The minimum atomic E-state index is -1.60. The van der Waals surface area contributed by atoms with Gasteiger partial charge in [-0.1, -0.05) is 13.8 Å². The molecule has 0 radical (unpaired) electrons. The van der Waals surface area contributed by atoms with Gasteiger partial charge < -0.3 is 9.90 Å². The SMILES string of the molecule is CC(C)C(=O)[13C](=O)[O-].[Na+]. The van der Waals surface area contributed by atoms with Crippen LogP contribution in [0.3, 0.4) is 0 Å². The molecule has 0 amide bonds. The third-order valence-electron chi connectivity index (χ3n) is 0.726. The average molecular weight is 139 g/mol. The number of hydrogen-bond acceptors (Lipinski definition) is 3. The number of carboxylic acids is 1. The molecule has 0 aromatic heterocycles. The van der Waals surface area contributed by atoms with Gasteiger partial charge in [-0.25, -0.2) is 0 Å². The summed E-state index contributed by atoms with van der Waals surface area (Å²) in [5.41, 5.74) is 0. The first-order chi connectivity index (χ1) is 3.55. The molecule has 0 aromatic carbocycles. The molecule has 0 aliphatic rings. The predicted molar refractivity (Wildman–Crippen MR) is 24.9 cm³/mol. The number of carbonyl (C=O) groups excluding carboxylic acids is 2. The van der Waals surface area contributed by atoms with Crippen molar-refractivity contribution in [3.63, 3.8) is 0 Å². The smallest absolute Gasteiger partial charge is 0.542 e. The number of Topliss-reactive ketones (excluding diaryl/α,β-unsaturated/α-hetero) is 1. The van der Waals surface area contributed by atoms with E-state index in [4.69, 9.17) is 0 Å². The van der Waals surface area contributed by atoms with Crippen molar-refractivity contribution in [2.75, 3.05) is 0 Å². The molecule has 0 heterocycles. The summed E-state index contributed by atoms with van der Waals surface area (Å²) in [6.45, 7) is 3.02. The van der Waals surface area contributed by atoms with Crippen LogP contribution in [0.15, 0.2) is 0 Å². The average Bonchev–Trinajstić information content (AvgIpc) is 1.64. The molecule has 0 aliphatic carbocycles. The molecule has 0 aliphatic heterocycles. The Balaban J connectivity index is 0. The van der Waals surface area contributed by atoms with Gasteiger partial charge in [0.05, 0.1) is 0 Å². The Kier molecular flexibility index (Phi) is 6.56. The Hall–Kier alpha value is 0.140. The summed E-state index contributed by atoms with van der Waals surface area (Å²) in [6, 6.07) is 0. The Morgan fingerprint density at radius 2 is 1.67 bits per heavy atom. The van der Waals surface area contributed by atoms with E-state index in [1.165, 1.54) is 13.8 Å². The van der Waals surface area contributed by atoms with E-state index in [9.17, 15) is 14.7 Å². The number of ketones is 1. The molecule has 0 spiro atoms. The summed E-state index contributed by atoms with van der Waals surface area (Å²) >= 11 is 0. The van der Waals surface area contributed by atoms with E-state index in [-0.39, 0.29) is 29.6 Å². The zero-order valence-electron chi connectivity index (χ0n) is 5.80. The van der Waals surface area contributed by atoms with Crippen molar-refractivity contribution in [1.82, 2.24) is 0 Å². The molecule has 0 aromatic rings. The van der Waals surface area contributed by atoms with Gasteiger partial charge in [0.15, 0.2) is 5.78 Å². The fourth-order valence-corrected chi connectivity index (χ4v) is 0.236. The maximum atomic E-state index is 10.2. The summed E-state index contributed by atoms with van der Waals surface area (Å²) in [4.78, 5) is 19.9. The second-order valence-electron chi connectivity index (χ2n) is 1.81. The Bertz CT molecular complexity index is 119. The van der Waals surface area contributed by atoms with Crippen LogP contribution in [0.1, 0.15) is 13.8 Å². The van der Waals surface area contributed by atoms with Crippen molar-refractivity contribution in [1.29, 1.82) is 0 Å². The molecule has 9 heavy (non-hydrogen) atoms. The van der Waals surface area contributed by atoms with Crippen LogP contribution in [0.25, 0.3) is 0 Å². The third-order valence-corrected chi connectivity index (χ3v) is 0.726. The maximum Gasteiger partial charge on any atom is 1.00 e. The molecule has 0 fully saturated rings. The van der Waals surface area contributed by atoms with Crippen LogP contribution in [0, 0.1) is 5.92 Å². The fraction of sp³-hybridized carbons (Fsp3) is 0.600. The Morgan fingerprint density at radius 3 is 1.67 bits per heavy atom. The van der Waals surface area contributed by atoms with E-state index < -0.39 is 17.7 Å². The number of aliphatic carboxylic acids is 1. The molecular formula is C5H7NaO3. The molecule has 0 saturated carbocycles. The van der Waals surface area contributed by atoms with Gasteiger partial charge in [0.2, 0.25) is 0 Å². The van der Waals surface area contributed by atoms with Gasteiger partial charge in [0.1, 0.15) is 5.97 Å². The number of carbonyl (C=O) groups is 2. The molecule has 0 atom stereocenters. The molecule has 0 saturated heterocycles. The first kappa shape index (κ1) is 11.9. The number of rotatable bonds is 2. The van der Waals surface area contributed by atoms with Crippen LogP contribution in [0.4, 0.5) is 0 Å². The van der Waals surface area contributed by atoms with Gasteiger partial charge >= 0.3 is 29.6 Å². The van der Waals surface area contributed by atoms with Gasteiger partial charge in [-0.2, -0.15) is 0 Å². The zero-order chi connectivity index (χ0) is 6.73. The first-order valence-electron chi connectivity index (χ1n) is 2.31. The standard InChI is InChI=1S/C5H8O3.Na/c1-3(2)4(6)5(7)8;/h3H,1-2H3,(H,7,8);/q;+1/p-1/i5+1;.